The van der Waals surface area contributed by atoms with Crippen LogP contribution in [0.2, 0.25) is 0 Å². The zero-order valence-electron chi connectivity index (χ0n) is 17.6. The lowest BCUT2D eigenvalue weighted by Gasteiger charge is -2.32. The van der Waals surface area contributed by atoms with E-state index >= 15 is 0 Å². The highest BCUT2D eigenvalue weighted by Gasteiger charge is 2.33. The number of ether oxygens (including phenoxy) is 1. The lowest BCUT2D eigenvalue weighted by Crippen LogP contribution is -2.42. The second-order valence-electron chi connectivity index (χ2n) is 8.27. The molecule has 0 heterocycles. The summed E-state index contributed by atoms with van der Waals surface area (Å²) in [6, 6.07) is 0. The van der Waals surface area contributed by atoms with Gasteiger partial charge in [0.2, 0.25) is 0 Å². The van der Waals surface area contributed by atoms with Crippen molar-refractivity contribution in [2.45, 2.75) is 117 Å². The van der Waals surface area contributed by atoms with Crippen LogP contribution in [0, 0.1) is 11.8 Å². The summed E-state index contributed by atoms with van der Waals surface area (Å²) in [6.45, 7) is 9.83. The van der Waals surface area contributed by atoms with Crippen LogP contribution >= 0.6 is 0 Å². The smallest absolute Gasteiger partial charge is 0.309 e. The van der Waals surface area contributed by atoms with Gasteiger partial charge in [0, 0.05) is 0 Å². The van der Waals surface area contributed by atoms with E-state index in [0.29, 0.717) is 0 Å². The Bertz CT molecular complexity index is 327. The molecule has 0 amide bonds. The van der Waals surface area contributed by atoms with E-state index in [0.717, 1.165) is 12.8 Å². The molecule has 0 spiro atoms. The molecule has 3 heteroatoms. The first kappa shape index (κ1) is 24.4. The van der Waals surface area contributed by atoms with Crippen molar-refractivity contribution in [3.8, 4) is 0 Å². The highest BCUT2D eigenvalue weighted by atomic mass is 16.6. The van der Waals surface area contributed by atoms with Crippen LogP contribution in [0.15, 0.2) is 0 Å². The Labute approximate surface area is 156 Å². The van der Waals surface area contributed by atoms with E-state index in [1.165, 1.54) is 64.2 Å². The molecule has 0 rings (SSSR count). The van der Waals surface area contributed by atoms with Crippen LogP contribution in [-0.2, 0) is 9.53 Å². The predicted molar refractivity (Wildman–Crippen MR) is 107 cm³/mol. The minimum atomic E-state index is -0.761. The molecule has 0 saturated carbocycles. The summed E-state index contributed by atoms with van der Waals surface area (Å²) in [4.78, 5) is 12.2. The SMILES string of the molecule is CCCCCCCCCCCCCC(C)C(=O)OC(C)(CO)C(C)C. The third-order valence-corrected chi connectivity index (χ3v) is 5.51. The van der Waals surface area contributed by atoms with Crippen LogP contribution in [0.3, 0.4) is 0 Å². The Balaban J connectivity index is 3.66. The van der Waals surface area contributed by atoms with E-state index in [1.807, 2.05) is 27.7 Å². The van der Waals surface area contributed by atoms with Gasteiger partial charge in [0.25, 0.3) is 0 Å². The van der Waals surface area contributed by atoms with Crippen molar-refractivity contribution < 1.29 is 14.6 Å². The number of unbranched alkanes of at least 4 members (excludes halogenated alkanes) is 10. The van der Waals surface area contributed by atoms with Crippen molar-refractivity contribution in [2.75, 3.05) is 6.61 Å². The van der Waals surface area contributed by atoms with Gasteiger partial charge in [-0.15, -0.1) is 0 Å². The van der Waals surface area contributed by atoms with E-state index in [-0.39, 0.29) is 24.4 Å². The fourth-order valence-corrected chi connectivity index (χ4v) is 2.90. The highest BCUT2D eigenvalue weighted by Crippen LogP contribution is 2.24. The van der Waals surface area contributed by atoms with Crippen molar-refractivity contribution in [3.63, 3.8) is 0 Å². The first-order valence-electron chi connectivity index (χ1n) is 10.7. The molecule has 0 saturated heterocycles. The summed E-state index contributed by atoms with van der Waals surface area (Å²) < 4.78 is 5.57. The molecule has 0 aliphatic rings. The molecule has 0 aromatic heterocycles. The summed E-state index contributed by atoms with van der Waals surface area (Å²) >= 11 is 0. The minimum absolute atomic E-state index is 0.0804. The molecule has 2 atom stereocenters. The number of rotatable bonds is 16. The molecule has 0 fully saturated rings. The molecule has 0 aromatic carbocycles. The van der Waals surface area contributed by atoms with Crippen molar-refractivity contribution >= 4 is 5.97 Å². The van der Waals surface area contributed by atoms with Crippen LogP contribution in [0.5, 0.6) is 0 Å². The maximum atomic E-state index is 12.2. The van der Waals surface area contributed by atoms with Crippen LogP contribution < -0.4 is 0 Å². The van der Waals surface area contributed by atoms with Gasteiger partial charge in [-0.25, -0.2) is 0 Å². The van der Waals surface area contributed by atoms with E-state index in [1.54, 1.807) is 0 Å². The van der Waals surface area contributed by atoms with E-state index < -0.39 is 5.60 Å². The molecule has 0 aliphatic carbocycles. The summed E-state index contributed by atoms with van der Waals surface area (Å²) in [6.07, 6.45) is 15.4. The van der Waals surface area contributed by atoms with Gasteiger partial charge in [0.05, 0.1) is 12.5 Å². The van der Waals surface area contributed by atoms with Gasteiger partial charge >= 0.3 is 5.97 Å². The fraction of sp³-hybridized carbons (Fsp3) is 0.955. The van der Waals surface area contributed by atoms with Crippen LogP contribution in [0.4, 0.5) is 0 Å². The zero-order valence-corrected chi connectivity index (χ0v) is 17.6. The minimum Gasteiger partial charge on any atom is -0.456 e. The molecule has 3 nitrogen and oxygen atoms in total. The van der Waals surface area contributed by atoms with Crippen LogP contribution in [0.25, 0.3) is 0 Å². The topological polar surface area (TPSA) is 46.5 Å². The second kappa shape index (κ2) is 14.6. The van der Waals surface area contributed by atoms with Gasteiger partial charge in [-0.05, 0) is 19.3 Å². The van der Waals surface area contributed by atoms with Crippen LogP contribution in [0.1, 0.15) is 112 Å². The lowest BCUT2D eigenvalue weighted by molar-refractivity contribution is -0.172. The molecule has 2 unspecified atom stereocenters. The number of carbonyl (C=O) groups excluding carboxylic acids is 1. The number of carbonyl (C=O) groups is 1. The number of aliphatic hydroxyl groups excluding tert-OH is 1. The summed E-state index contributed by atoms with van der Waals surface area (Å²) in [5.41, 5.74) is -0.761. The summed E-state index contributed by atoms with van der Waals surface area (Å²) in [7, 11) is 0. The highest BCUT2D eigenvalue weighted by molar-refractivity contribution is 5.72. The van der Waals surface area contributed by atoms with Crippen molar-refractivity contribution in [2.24, 2.45) is 11.8 Å². The van der Waals surface area contributed by atoms with Gasteiger partial charge in [0.15, 0.2) is 0 Å². The van der Waals surface area contributed by atoms with Crippen molar-refractivity contribution in [3.05, 3.63) is 0 Å². The van der Waals surface area contributed by atoms with Crippen molar-refractivity contribution in [1.29, 1.82) is 0 Å². The Morgan fingerprint density at radius 2 is 1.32 bits per heavy atom. The van der Waals surface area contributed by atoms with Crippen molar-refractivity contribution in [1.82, 2.24) is 0 Å². The molecule has 25 heavy (non-hydrogen) atoms. The molecule has 0 aliphatic heterocycles. The third kappa shape index (κ3) is 11.6. The molecule has 1 N–H and O–H groups in total. The maximum Gasteiger partial charge on any atom is 0.309 e. The van der Waals surface area contributed by atoms with Gasteiger partial charge < -0.3 is 9.84 Å². The average molecular weight is 357 g/mol. The Morgan fingerprint density at radius 1 is 0.880 bits per heavy atom. The number of aliphatic hydroxyl groups is 1. The average Bonchev–Trinajstić information content (AvgIpc) is 2.59. The lowest BCUT2D eigenvalue weighted by atomic mass is 9.92. The number of esters is 1. The maximum absolute atomic E-state index is 12.2. The molecular weight excluding hydrogens is 312 g/mol. The molecule has 0 aromatic rings. The molecule has 150 valence electrons. The Kier molecular flexibility index (Phi) is 14.3. The summed E-state index contributed by atoms with van der Waals surface area (Å²) in [5.74, 6) is -0.142. The summed E-state index contributed by atoms with van der Waals surface area (Å²) in [5, 5.41) is 9.49. The molecule has 0 radical (unpaired) electrons. The quantitative estimate of drug-likeness (QED) is 0.262. The molecular formula is C22H44O3. The standard InChI is InChI=1S/C22H44O3/c1-6-7-8-9-10-11-12-13-14-15-16-17-20(4)21(24)25-22(5,18-23)19(2)3/h19-20,23H,6-18H2,1-5H3. The monoisotopic (exact) mass is 356 g/mol. The number of hydrogen-bond acceptors (Lipinski definition) is 3. The normalized spacial score (nSPS) is 15.2. The molecule has 0 bridgehead atoms. The first-order valence-corrected chi connectivity index (χ1v) is 10.7. The first-order chi connectivity index (χ1) is 11.9. The largest absolute Gasteiger partial charge is 0.456 e. The van der Waals surface area contributed by atoms with Gasteiger partial charge in [-0.3, -0.25) is 4.79 Å². The van der Waals surface area contributed by atoms with E-state index in [9.17, 15) is 9.90 Å². The predicted octanol–water partition coefficient (Wildman–Crippen LogP) is 6.27. The Hall–Kier alpha value is -0.570. The van der Waals surface area contributed by atoms with Gasteiger partial charge in [-0.1, -0.05) is 98.3 Å². The number of hydrogen-bond donors (Lipinski definition) is 1. The second-order valence-corrected chi connectivity index (χ2v) is 8.27. The Morgan fingerprint density at radius 3 is 1.72 bits per heavy atom. The van der Waals surface area contributed by atoms with Gasteiger partial charge in [0.1, 0.15) is 5.60 Å². The van der Waals surface area contributed by atoms with Crippen LogP contribution in [-0.4, -0.2) is 23.3 Å². The van der Waals surface area contributed by atoms with E-state index in [4.69, 9.17) is 4.74 Å². The zero-order chi connectivity index (χ0) is 19.1. The third-order valence-electron chi connectivity index (χ3n) is 5.51. The van der Waals surface area contributed by atoms with Gasteiger partial charge in [-0.2, -0.15) is 0 Å². The van der Waals surface area contributed by atoms with E-state index in [2.05, 4.69) is 6.92 Å². The fourth-order valence-electron chi connectivity index (χ4n) is 2.90.